The van der Waals surface area contributed by atoms with Crippen LogP contribution in [0.1, 0.15) is 25.5 Å². The van der Waals surface area contributed by atoms with E-state index in [1.165, 1.54) is 10.5 Å². The zero-order chi connectivity index (χ0) is 14.4. The maximum absolute atomic E-state index is 12.2. The molecule has 1 atom stereocenters. The number of nitrogens with one attached hydrogen (secondary N) is 2. The van der Waals surface area contributed by atoms with Gasteiger partial charge in [-0.1, -0.05) is 12.1 Å². The first-order chi connectivity index (χ1) is 9.62. The van der Waals surface area contributed by atoms with E-state index in [4.69, 9.17) is 4.52 Å². The summed E-state index contributed by atoms with van der Waals surface area (Å²) in [4.78, 5) is 0. The average molecular weight is 302 g/mol. The Hall–Kier alpha value is -0.960. The van der Waals surface area contributed by atoms with Crippen LogP contribution in [0.15, 0.2) is 16.8 Å². The molecule has 1 fully saturated rings. The Morgan fingerprint density at radius 2 is 2.40 bits per heavy atom. The molecule has 20 heavy (non-hydrogen) atoms. The number of rotatable bonds is 7. The Kier molecular flexibility index (Phi) is 5.53. The molecule has 0 radical (unpaired) electrons. The number of hydrogen-bond acceptors (Lipinski definition) is 5. The van der Waals surface area contributed by atoms with Crippen molar-refractivity contribution in [2.75, 3.05) is 26.2 Å². The number of aromatic nitrogens is 1. The second-order valence-electron chi connectivity index (χ2n) is 4.98. The summed E-state index contributed by atoms with van der Waals surface area (Å²) in [7, 11) is -3.45. The third-order valence-corrected chi connectivity index (χ3v) is 4.95. The molecule has 1 aliphatic heterocycles. The van der Waals surface area contributed by atoms with Crippen molar-refractivity contribution in [1.82, 2.24) is 19.5 Å². The van der Waals surface area contributed by atoms with Gasteiger partial charge in [-0.25, -0.2) is 0 Å². The summed E-state index contributed by atoms with van der Waals surface area (Å²) in [5.74, 6) is 0.889. The largest absolute Gasteiger partial charge is 0.360 e. The van der Waals surface area contributed by atoms with Crippen LogP contribution in [-0.4, -0.2) is 44.1 Å². The molecule has 0 saturated carbocycles. The SMILES string of the molecule is CCNCC1CCCN(S(=O)(=O)NCc2ccno2)C1. The summed E-state index contributed by atoms with van der Waals surface area (Å²) in [6, 6.07) is 1.65. The van der Waals surface area contributed by atoms with E-state index in [9.17, 15) is 8.42 Å². The third kappa shape index (κ3) is 4.27. The lowest BCUT2D eigenvalue weighted by Gasteiger charge is -2.31. The van der Waals surface area contributed by atoms with Crippen molar-refractivity contribution in [2.24, 2.45) is 5.92 Å². The topological polar surface area (TPSA) is 87.5 Å². The summed E-state index contributed by atoms with van der Waals surface area (Å²) < 4.78 is 33.4. The van der Waals surface area contributed by atoms with Gasteiger partial charge in [-0.2, -0.15) is 17.4 Å². The van der Waals surface area contributed by atoms with Gasteiger partial charge >= 0.3 is 0 Å². The minimum absolute atomic E-state index is 0.136. The van der Waals surface area contributed by atoms with E-state index >= 15 is 0 Å². The Labute approximate surface area is 119 Å². The monoisotopic (exact) mass is 302 g/mol. The van der Waals surface area contributed by atoms with Gasteiger partial charge in [0.05, 0.1) is 12.7 Å². The molecule has 1 saturated heterocycles. The maximum atomic E-state index is 12.2. The van der Waals surface area contributed by atoms with Crippen LogP contribution >= 0.6 is 0 Å². The van der Waals surface area contributed by atoms with Crippen LogP contribution < -0.4 is 10.0 Å². The highest BCUT2D eigenvalue weighted by Crippen LogP contribution is 2.18. The van der Waals surface area contributed by atoms with Gasteiger partial charge in [-0.05, 0) is 31.8 Å². The van der Waals surface area contributed by atoms with Crippen molar-refractivity contribution < 1.29 is 12.9 Å². The lowest BCUT2D eigenvalue weighted by molar-refractivity contribution is 0.258. The molecular weight excluding hydrogens is 280 g/mol. The molecule has 0 aromatic carbocycles. The summed E-state index contributed by atoms with van der Waals surface area (Å²) in [6.07, 6.45) is 3.47. The second-order valence-corrected chi connectivity index (χ2v) is 6.73. The molecule has 2 N–H and O–H groups in total. The Morgan fingerprint density at radius 3 is 3.10 bits per heavy atom. The molecule has 114 valence electrons. The normalized spacial score (nSPS) is 21.1. The van der Waals surface area contributed by atoms with E-state index in [0.29, 0.717) is 24.8 Å². The molecule has 1 unspecified atom stereocenters. The zero-order valence-corrected chi connectivity index (χ0v) is 12.5. The lowest BCUT2D eigenvalue weighted by Crippen LogP contribution is -2.47. The first kappa shape index (κ1) is 15.4. The molecule has 0 spiro atoms. The summed E-state index contributed by atoms with van der Waals surface area (Å²) in [5.41, 5.74) is 0. The van der Waals surface area contributed by atoms with E-state index in [2.05, 4.69) is 22.1 Å². The number of hydrogen-bond donors (Lipinski definition) is 2. The van der Waals surface area contributed by atoms with Gasteiger partial charge in [0.25, 0.3) is 10.2 Å². The van der Waals surface area contributed by atoms with Crippen molar-refractivity contribution >= 4 is 10.2 Å². The van der Waals surface area contributed by atoms with Crippen molar-refractivity contribution in [3.8, 4) is 0 Å². The Morgan fingerprint density at radius 1 is 1.55 bits per heavy atom. The van der Waals surface area contributed by atoms with Gasteiger partial charge in [-0.15, -0.1) is 0 Å². The highest BCUT2D eigenvalue weighted by molar-refractivity contribution is 7.87. The van der Waals surface area contributed by atoms with Crippen LogP contribution in [0.25, 0.3) is 0 Å². The predicted molar refractivity (Wildman–Crippen MR) is 75.1 cm³/mol. The molecule has 2 rings (SSSR count). The average Bonchev–Trinajstić information content (AvgIpc) is 2.97. The number of piperidine rings is 1. The zero-order valence-electron chi connectivity index (χ0n) is 11.7. The molecule has 2 heterocycles. The quantitative estimate of drug-likeness (QED) is 0.758. The lowest BCUT2D eigenvalue weighted by atomic mass is 10.00. The molecule has 0 bridgehead atoms. The summed E-state index contributed by atoms with van der Waals surface area (Å²) in [5, 5.41) is 6.83. The van der Waals surface area contributed by atoms with E-state index in [-0.39, 0.29) is 6.54 Å². The fourth-order valence-electron chi connectivity index (χ4n) is 2.35. The van der Waals surface area contributed by atoms with E-state index in [0.717, 1.165) is 25.9 Å². The molecule has 0 aliphatic carbocycles. The maximum Gasteiger partial charge on any atom is 0.279 e. The molecular formula is C12H22N4O3S. The molecule has 1 aliphatic rings. The van der Waals surface area contributed by atoms with Gasteiger partial charge < -0.3 is 9.84 Å². The van der Waals surface area contributed by atoms with E-state index in [1.807, 2.05) is 0 Å². The van der Waals surface area contributed by atoms with Crippen molar-refractivity contribution in [2.45, 2.75) is 26.3 Å². The van der Waals surface area contributed by atoms with Crippen LogP contribution in [0.5, 0.6) is 0 Å². The highest BCUT2D eigenvalue weighted by Gasteiger charge is 2.28. The van der Waals surface area contributed by atoms with Crippen molar-refractivity contribution in [3.63, 3.8) is 0 Å². The molecule has 1 aromatic heterocycles. The Bertz CT molecular complexity index is 489. The van der Waals surface area contributed by atoms with Crippen LogP contribution in [0.4, 0.5) is 0 Å². The fraction of sp³-hybridized carbons (Fsp3) is 0.750. The molecule has 8 heteroatoms. The first-order valence-corrected chi connectivity index (χ1v) is 8.41. The van der Waals surface area contributed by atoms with Crippen molar-refractivity contribution in [1.29, 1.82) is 0 Å². The van der Waals surface area contributed by atoms with Gasteiger partial charge in [0.1, 0.15) is 0 Å². The minimum Gasteiger partial charge on any atom is -0.360 e. The van der Waals surface area contributed by atoms with Gasteiger partial charge in [0.2, 0.25) is 0 Å². The van der Waals surface area contributed by atoms with Gasteiger partial charge in [0.15, 0.2) is 5.76 Å². The summed E-state index contributed by atoms with van der Waals surface area (Å²) in [6.45, 7) is 5.11. The third-order valence-electron chi connectivity index (χ3n) is 3.42. The van der Waals surface area contributed by atoms with Gasteiger partial charge in [0, 0.05) is 19.2 Å². The second kappa shape index (κ2) is 7.16. The molecule has 7 nitrogen and oxygen atoms in total. The van der Waals surface area contributed by atoms with Crippen molar-refractivity contribution in [3.05, 3.63) is 18.0 Å². The molecule has 0 amide bonds. The minimum atomic E-state index is -3.45. The van der Waals surface area contributed by atoms with Crippen LogP contribution in [0.2, 0.25) is 0 Å². The highest BCUT2D eigenvalue weighted by atomic mass is 32.2. The first-order valence-electron chi connectivity index (χ1n) is 6.97. The van der Waals surface area contributed by atoms with Gasteiger partial charge in [-0.3, -0.25) is 0 Å². The Balaban J connectivity index is 1.87. The van der Waals surface area contributed by atoms with Crippen LogP contribution in [0.3, 0.4) is 0 Å². The standard InChI is InChI=1S/C12H22N4O3S/c1-2-13-8-11-4-3-7-16(10-11)20(17,18)15-9-12-5-6-14-19-12/h5-6,11,13,15H,2-4,7-10H2,1H3. The van der Waals surface area contributed by atoms with E-state index < -0.39 is 10.2 Å². The van der Waals surface area contributed by atoms with Crippen LogP contribution in [-0.2, 0) is 16.8 Å². The smallest absolute Gasteiger partial charge is 0.279 e. The fourth-order valence-corrected chi connectivity index (χ4v) is 3.63. The predicted octanol–water partition coefficient (Wildman–Crippen LogP) is 0.331. The van der Waals surface area contributed by atoms with E-state index in [1.54, 1.807) is 6.07 Å². The van der Waals surface area contributed by atoms with Crippen LogP contribution in [0, 0.1) is 5.92 Å². The number of nitrogens with zero attached hydrogens (tertiary/aromatic N) is 2. The molecule has 1 aromatic rings. The summed E-state index contributed by atoms with van der Waals surface area (Å²) >= 11 is 0.